The number of halogens is 1. The fourth-order valence-electron chi connectivity index (χ4n) is 3.99. The second kappa shape index (κ2) is 7.44. The van der Waals surface area contributed by atoms with Gasteiger partial charge in [0.2, 0.25) is 0 Å². The van der Waals surface area contributed by atoms with E-state index in [2.05, 4.69) is 50.5 Å². The van der Waals surface area contributed by atoms with Crippen LogP contribution in [-0.4, -0.2) is 24.7 Å². The van der Waals surface area contributed by atoms with E-state index in [1.165, 1.54) is 29.5 Å². The summed E-state index contributed by atoms with van der Waals surface area (Å²) in [6.07, 6.45) is 6.55. The molecule has 0 radical (unpaired) electrons. The zero-order chi connectivity index (χ0) is 17.2. The molecule has 25 heavy (non-hydrogen) atoms. The minimum absolute atomic E-state index is 0.461. The van der Waals surface area contributed by atoms with Crippen molar-refractivity contribution in [2.24, 2.45) is 0 Å². The molecular formula is C20H24BrN3O. The molecule has 2 aliphatic heterocycles. The van der Waals surface area contributed by atoms with Gasteiger partial charge in [-0.15, -0.1) is 0 Å². The fourth-order valence-corrected chi connectivity index (χ4v) is 4.34. The molecule has 0 aliphatic carbocycles. The molecule has 0 amide bonds. The zero-order valence-electron chi connectivity index (χ0n) is 14.3. The molecule has 132 valence electrons. The number of anilines is 1. The van der Waals surface area contributed by atoms with E-state index in [-0.39, 0.29) is 0 Å². The van der Waals surface area contributed by atoms with Crippen LogP contribution in [0.2, 0.25) is 0 Å². The predicted octanol–water partition coefficient (Wildman–Crippen LogP) is 4.41. The lowest BCUT2D eigenvalue weighted by Gasteiger charge is -2.27. The van der Waals surface area contributed by atoms with Gasteiger partial charge in [-0.3, -0.25) is 0 Å². The van der Waals surface area contributed by atoms with Crippen molar-refractivity contribution in [3.05, 3.63) is 46.1 Å². The Bertz CT molecular complexity index is 753. The molecule has 0 bridgehead atoms. The van der Waals surface area contributed by atoms with Gasteiger partial charge < -0.3 is 15.8 Å². The van der Waals surface area contributed by atoms with Crippen molar-refractivity contribution in [1.82, 2.24) is 10.3 Å². The third-order valence-electron chi connectivity index (χ3n) is 5.39. The Labute approximate surface area is 157 Å². The maximum atomic E-state index is 5.84. The van der Waals surface area contributed by atoms with Crippen LogP contribution < -0.4 is 11.1 Å². The molecular weight excluding hydrogens is 378 g/mol. The Morgan fingerprint density at radius 3 is 2.64 bits per heavy atom. The first kappa shape index (κ1) is 17.0. The van der Waals surface area contributed by atoms with Crippen LogP contribution in [0.3, 0.4) is 0 Å². The van der Waals surface area contributed by atoms with E-state index in [4.69, 9.17) is 10.5 Å². The van der Waals surface area contributed by atoms with Gasteiger partial charge in [-0.1, -0.05) is 12.1 Å². The first-order valence-corrected chi connectivity index (χ1v) is 9.88. The Kier molecular flexibility index (Phi) is 5.06. The Morgan fingerprint density at radius 2 is 1.92 bits per heavy atom. The number of nitrogens with one attached hydrogen (secondary N) is 1. The number of hydrogen-bond acceptors (Lipinski definition) is 4. The van der Waals surface area contributed by atoms with Gasteiger partial charge in [0.15, 0.2) is 0 Å². The molecule has 0 unspecified atom stereocenters. The Hall–Kier alpha value is -1.43. The quantitative estimate of drug-likeness (QED) is 0.799. The largest absolute Gasteiger partial charge is 0.383 e. The molecule has 4 nitrogen and oxygen atoms in total. The van der Waals surface area contributed by atoms with Gasteiger partial charge in [-0.05, 0) is 82.9 Å². The molecule has 1 aromatic carbocycles. The first-order valence-electron chi connectivity index (χ1n) is 9.09. The fraction of sp³-hybridized carbons (Fsp3) is 0.450. The van der Waals surface area contributed by atoms with E-state index in [1.807, 2.05) is 6.20 Å². The summed E-state index contributed by atoms with van der Waals surface area (Å²) in [7, 11) is 0. The van der Waals surface area contributed by atoms with Crippen molar-refractivity contribution in [3.63, 3.8) is 0 Å². The molecule has 4 rings (SSSR count). The summed E-state index contributed by atoms with van der Waals surface area (Å²) < 4.78 is 6.41. The van der Waals surface area contributed by atoms with Crippen LogP contribution in [0.25, 0.3) is 11.1 Å². The van der Waals surface area contributed by atoms with Crippen LogP contribution in [0.5, 0.6) is 0 Å². The van der Waals surface area contributed by atoms with Crippen molar-refractivity contribution in [1.29, 1.82) is 0 Å². The summed E-state index contributed by atoms with van der Waals surface area (Å²) in [5.41, 5.74) is 11.1. The second-order valence-electron chi connectivity index (χ2n) is 6.97. The maximum Gasteiger partial charge on any atom is 0.137 e. The SMILES string of the molecule is Nc1ncc(-c2ccc(C3CCOCC3)c([C@@H]3CCCN3)c2)cc1Br. The Balaban J connectivity index is 1.74. The molecule has 0 spiro atoms. The van der Waals surface area contributed by atoms with Gasteiger partial charge in [-0.25, -0.2) is 4.98 Å². The van der Waals surface area contributed by atoms with Crippen LogP contribution in [0.1, 0.15) is 48.8 Å². The molecule has 5 heteroatoms. The number of benzene rings is 1. The van der Waals surface area contributed by atoms with Gasteiger partial charge in [0.25, 0.3) is 0 Å². The molecule has 0 saturated carbocycles. The molecule has 3 N–H and O–H groups in total. The summed E-state index contributed by atoms with van der Waals surface area (Å²) in [6, 6.07) is 9.42. The van der Waals surface area contributed by atoms with Gasteiger partial charge in [0.1, 0.15) is 5.82 Å². The third-order valence-corrected chi connectivity index (χ3v) is 6.02. The van der Waals surface area contributed by atoms with E-state index in [1.54, 1.807) is 0 Å². The molecule has 2 aliphatic rings. The minimum atomic E-state index is 0.461. The molecule has 1 atom stereocenters. The number of hydrogen-bond donors (Lipinski definition) is 2. The highest BCUT2D eigenvalue weighted by molar-refractivity contribution is 9.10. The molecule has 3 heterocycles. The lowest BCUT2D eigenvalue weighted by atomic mass is 9.84. The first-order chi connectivity index (χ1) is 12.2. The summed E-state index contributed by atoms with van der Waals surface area (Å²) in [6.45, 7) is 2.86. The van der Waals surface area contributed by atoms with Gasteiger partial charge in [0.05, 0.1) is 4.47 Å². The van der Waals surface area contributed by atoms with Crippen molar-refractivity contribution >= 4 is 21.7 Å². The van der Waals surface area contributed by atoms with E-state index in [9.17, 15) is 0 Å². The monoisotopic (exact) mass is 401 g/mol. The molecule has 1 aromatic heterocycles. The highest BCUT2D eigenvalue weighted by atomic mass is 79.9. The van der Waals surface area contributed by atoms with Crippen molar-refractivity contribution in [2.75, 3.05) is 25.5 Å². The smallest absolute Gasteiger partial charge is 0.137 e. The summed E-state index contributed by atoms with van der Waals surface area (Å²) in [4.78, 5) is 4.29. The van der Waals surface area contributed by atoms with Gasteiger partial charge in [-0.2, -0.15) is 0 Å². The number of nitrogens with zero attached hydrogens (tertiary/aromatic N) is 1. The van der Waals surface area contributed by atoms with Gasteiger partial charge in [0, 0.05) is 31.0 Å². The lowest BCUT2D eigenvalue weighted by molar-refractivity contribution is 0.0851. The van der Waals surface area contributed by atoms with Gasteiger partial charge >= 0.3 is 0 Å². The number of ether oxygens (including phenoxy) is 1. The number of nitrogen functional groups attached to an aromatic ring is 1. The van der Waals surface area contributed by atoms with Crippen molar-refractivity contribution in [2.45, 2.75) is 37.6 Å². The number of nitrogens with two attached hydrogens (primary N) is 1. The number of rotatable bonds is 3. The van der Waals surface area contributed by atoms with Crippen LogP contribution in [0.15, 0.2) is 34.9 Å². The molecule has 2 saturated heterocycles. The Morgan fingerprint density at radius 1 is 1.08 bits per heavy atom. The van der Waals surface area contributed by atoms with Crippen LogP contribution in [-0.2, 0) is 4.74 Å². The average Bonchev–Trinajstić information content (AvgIpc) is 3.19. The maximum absolute atomic E-state index is 5.84. The second-order valence-corrected chi connectivity index (χ2v) is 7.82. The third kappa shape index (κ3) is 3.59. The number of pyridine rings is 1. The van der Waals surface area contributed by atoms with E-state index >= 15 is 0 Å². The predicted molar refractivity (Wildman–Crippen MR) is 105 cm³/mol. The molecule has 2 fully saturated rings. The normalized spacial score (nSPS) is 21.6. The van der Waals surface area contributed by atoms with Crippen molar-refractivity contribution in [3.8, 4) is 11.1 Å². The zero-order valence-corrected chi connectivity index (χ0v) is 15.9. The highest BCUT2D eigenvalue weighted by Crippen LogP contribution is 2.37. The molecule has 2 aromatic rings. The average molecular weight is 402 g/mol. The van der Waals surface area contributed by atoms with E-state index in [0.717, 1.165) is 42.6 Å². The summed E-state index contributed by atoms with van der Waals surface area (Å²) in [5, 5.41) is 3.68. The topological polar surface area (TPSA) is 60.2 Å². The summed E-state index contributed by atoms with van der Waals surface area (Å²) in [5.74, 6) is 1.14. The van der Waals surface area contributed by atoms with Crippen molar-refractivity contribution < 1.29 is 4.74 Å². The number of aromatic nitrogens is 1. The lowest BCUT2D eigenvalue weighted by Crippen LogP contribution is -2.19. The van der Waals surface area contributed by atoms with Crippen LogP contribution in [0, 0.1) is 0 Å². The standard InChI is InChI=1S/C20H24BrN3O/c21-18-11-15(12-24-20(18)22)14-3-4-16(13-5-8-25-9-6-13)17(10-14)19-2-1-7-23-19/h3-4,10-13,19,23H,1-2,5-9H2,(H2,22,24)/t19-/m0/s1. The van der Waals surface area contributed by atoms with Crippen LogP contribution in [0.4, 0.5) is 5.82 Å². The van der Waals surface area contributed by atoms with Crippen LogP contribution >= 0.6 is 15.9 Å². The minimum Gasteiger partial charge on any atom is -0.383 e. The van der Waals surface area contributed by atoms with E-state index < -0.39 is 0 Å². The van der Waals surface area contributed by atoms with E-state index in [0.29, 0.717) is 17.8 Å². The highest BCUT2D eigenvalue weighted by Gasteiger charge is 2.25. The summed E-state index contributed by atoms with van der Waals surface area (Å²) >= 11 is 3.49.